The lowest BCUT2D eigenvalue weighted by molar-refractivity contribution is 0.625. The van der Waals surface area contributed by atoms with Gasteiger partial charge in [0.2, 0.25) is 0 Å². The van der Waals surface area contributed by atoms with Crippen LogP contribution in [0.3, 0.4) is 0 Å². The Morgan fingerprint density at radius 2 is 2.00 bits per heavy atom. The first kappa shape index (κ1) is 21.5. The molecule has 6 heteroatoms. The minimum Gasteiger partial charge on any atom is -0.357 e. The van der Waals surface area contributed by atoms with E-state index in [1.165, 1.54) is 6.07 Å². The number of unbranched alkanes of at least 4 members (excludes halogenated alkanes) is 1. The summed E-state index contributed by atoms with van der Waals surface area (Å²) >= 11 is 1.69. The SMILES string of the molecule is CCCCNC(=NCc1ccc(F)cc1CSC)NCC.I. The molecule has 0 atom stereocenters. The molecule has 22 heavy (non-hydrogen) atoms. The third-order valence-electron chi connectivity index (χ3n) is 3.04. The molecular formula is C16H27FIN3S. The summed E-state index contributed by atoms with van der Waals surface area (Å²) in [5, 5.41) is 6.55. The summed E-state index contributed by atoms with van der Waals surface area (Å²) in [5.74, 6) is 1.45. The van der Waals surface area contributed by atoms with Crippen molar-refractivity contribution in [1.82, 2.24) is 10.6 Å². The topological polar surface area (TPSA) is 36.4 Å². The maximum absolute atomic E-state index is 13.3. The fraction of sp³-hybridized carbons (Fsp3) is 0.562. The monoisotopic (exact) mass is 439 g/mol. The van der Waals surface area contributed by atoms with Crippen LogP contribution in [0.5, 0.6) is 0 Å². The quantitative estimate of drug-likeness (QED) is 0.277. The van der Waals surface area contributed by atoms with Crippen LogP contribution in [-0.4, -0.2) is 25.3 Å². The predicted octanol–water partition coefficient (Wildman–Crippen LogP) is 4.16. The van der Waals surface area contributed by atoms with Crippen LogP contribution in [-0.2, 0) is 12.3 Å². The Bertz CT molecular complexity index is 455. The van der Waals surface area contributed by atoms with Crippen molar-refractivity contribution in [3.63, 3.8) is 0 Å². The maximum atomic E-state index is 13.3. The fourth-order valence-corrected chi connectivity index (χ4v) is 2.51. The summed E-state index contributed by atoms with van der Waals surface area (Å²) < 4.78 is 13.3. The van der Waals surface area contributed by atoms with E-state index >= 15 is 0 Å². The fourth-order valence-electron chi connectivity index (χ4n) is 1.93. The highest BCUT2D eigenvalue weighted by Crippen LogP contribution is 2.17. The highest BCUT2D eigenvalue weighted by Gasteiger charge is 2.04. The van der Waals surface area contributed by atoms with Crippen LogP contribution in [0.25, 0.3) is 0 Å². The molecule has 0 heterocycles. The zero-order chi connectivity index (χ0) is 15.5. The summed E-state index contributed by atoms with van der Waals surface area (Å²) in [6.07, 6.45) is 4.30. The molecule has 2 N–H and O–H groups in total. The Balaban J connectivity index is 0.00000441. The number of halogens is 2. The molecule has 1 aromatic rings. The third-order valence-corrected chi connectivity index (χ3v) is 3.64. The second-order valence-electron chi connectivity index (χ2n) is 4.82. The molecule has 0 aliphatic carbocycles. The van der Waals surface area contributed by atoms with Gasteiger partial charge in [0, 0.05) is 18.8 Å². The van der Waals surface area contributed by atoms with Gasteiger partial charge in [0.25, 0.3) is 0 Å². The van der Waals surface area contributed by atoms with Crippen molar-refractivity contribution in [2.24, 2.45) is 4.99 Å². The molecule has 1 rings (SSSR count). The third kappa shape index (κ3) is 8.22. The number of rotatable bonds is 8. The standard InChI is InChI=1S/C16H26FN3S.HI/c1-4-6-9-19-16(18-5-2)20-11-13-7-8-15(17)10-14(13)12-21-3;/h7-8,10H,4-6,9,11-12H2,1-3H3,(H2,18,19,20);1H. The van der Waals surface area contributed by atoms with Gasteiger partial charge in [-0.05, 0) is 42.9 Å². The molecular weight excluding hydrogens is 412 g/mol. The van der Waals surface area contributed by atoms with Crippen LogP contribution in [0.1, 0.15) is 37.8 Å². The summed E-state index contributed by atoms with van der Waals surface area (Å²) in [6, 6.07) is 4.95. The minimum atomic E-state index is -0.181. The summed E-state index contributed by atoms with van der Waals surface area (Å²) in [4.78, 5) is 4.59. The van der Waals surface area contributed by atoms with Crippen LogP contribution in [0.15, 0.2) is 23.2 Å². The smallest absolute Gasteiger partial charge is 0.191 e. The van der Waals surface area contributed by atoms with E-state index in [1.54, 1.807) is 17.8 Å². The van der Waals surface area contributed by atoms with Crippen molar-refractivity contribution in [2.45, 2.75) is 39.0 Å². The van der Waals surface area contributed by atoms with Crippen LogP contribution in [0.4, 0.5) is 4.39 Å². The number of hydrogen-bond acceptors (Lipinski definition) is 2. The Morgan fingerprint density at radius 3 is 2.64 bits per heavy atom. The van der Waals surface area contributed by atoms with Gasteiger partial charge in [0.05, 0.1) is 6.54 Å². The summed E-state index contributed by atoms with van der Waals surface area (Å²) in [5.41, 5.74) is 2.11. The van der Waals surface area contributed by atoms with Gasteiger partial charge in [0.1, 0.15) is 5.82 Å². The van der Waals surface area contributed by atoms with Crippen molar-refractivity contribution in [1.29, 1.82) is 0 Å². The van der Waals surface area contributed by atoms with Crippen molar-refractivity contribution < 1.29 is 4.39 Å². The highest BCUT2D eigenvalue weighted by molar-refractivity contribution is 14.0. The molecule has 3 nitrogen and oxygen atoms in total. The van der Waals surface area contributed by atoms with Crippen molar-refractivity contribution in [3.05, 3.63) is 35.1 Å². The molecule has 0 aromatic heterocycles. The minimum absolute atomic E-state index is 0. The molecule has 0 amide bonds. The summed E-state index contributed by atoms with van der Waals surface area (Å²) in [7, 11) is 0. The largest absolute Gasteiger partial charge is 0.357 e. The van der Waals surface area contributed by atoms with E-state index in [1.807, 2.05) is 19.2 Å². The molecule has 0 bridgehead atoms. The molecule has 0 radical (unpaired) electrons. The zero-order valence-corrected chi connectivity index (χ0v) is 16.8. The lowest BCUT2D eigenvalue weighted by atomic mass is 10.1. The number of aliphatic imine (C=N–C) groups is 1. The van der Waals surface area contributed by atoms with E-state index in [-0.39, 0.29) is 29.8 Å². The molecule has 1 aromatic carbocycles. The van der Waals surface area contributed by atoms with Crippen molar-refractivity contribution >= 4 is 41.7 Å². The number of nitrogens with zero attached hydrogens (tertiary/aromatic N) is 1. The number of guanidine groups is 1. The van der Waals surface area contributed by atoms with Crippen LogP contribution in [0, 0.1) is 5.82 Å². The van der Waals surface area contributed by atoms with Gasteiger partial charge < -0.3 is 10.6 Å². The van der Waals surface area contributed by atoms with Gasteiger partial charge in [-0.25, -0.2) is 9.38 Å². The van der Waals surface area contributed by atoms with Gasteiger partial charge in [-0.3, -0.25) is 0 Å². The molecule has 0 aliphatic rings. The first-order valence-electron chi connectivity index (χ1n) is 7.49. The Kier molecular flexibility index (Phi) is 12.7. The van der Waals surface area contributed by atoms with E-state index in [9.17, 15) is 4.39 Å². The van der Waals surface area contributed by atoms with E-state index in [0.717, 1.165) is 48.8 Å². The normalized spacial score (nSPS) is 11.0. The Morgan fingerprint density at radius 1 is 1.23 bits per heavy atom. The van der Waals surface area contributed by atoms with E-state index in [0.29, 0.717) is 6.54 Å². The average Bonchev–Trinajstić information content (AvgIpc) is 2.47. The van der Waals surface area contributed by atoms with Gasteiger partial charge >= 0.3 is 0 Å². The second kappa shape index (κ2) is 13.0. The van der Waals surface area contributed by atoms with Crippen molar-refractivity contribution in [3.8, 4) is 0 Å². The molecule has 0 aliphatic heterocycles. The maximum Gasteiger partial charge on any atom is 0.191 e. The molecule has 0 saturated carbocycles. The Hall–Kier alpha value is -0.500. The first-order chi connectivity index (χ1) is 10.2. The number of nitrogens with one attached hydrogen (secondary N) is 2. The number of thioether (sulfide) groups is 1. The van der Waals surface area contributed by atoms with Gasteiger partial charge in [-0.2, -0.15) is 11.8 Å². The first-order valence-corrected chi connectivity index (χ1v) is 8.89. The van der Waals surface area contributed by atoms with E-state index in [4.69, 9.17) is 0 Å². The molecule has 0 fully saturated rings. The molecule has 0 unspecified atom stereocenters. The second-order valence-corrected chi connectivity index (χ2v) is 5.69. The Labute approximate surface area is 155 Å². The van der Waals surface area contributed by atoms with Crippen LogP contribution >= 0.6 is 35.7 Å². The van der Waals surface area contributed by atoms with Crippen molar-refractivity contribution in [2.75, 3.05) is 19.3 Å². The number of hydrogen-bond donors (Lipinski definition) is 2. The van der Waals surface area contributed by atoms with Gasteiger partial charge in [-0.15, -0.1) is 24.0 Å². The van der Waals surface area contributed by atoms with E-state index in [2.05, 4.69) is 22.5 Å². The molecule has 126 valence electrons. The van der Waals surface area contributed by atoms with Gasteiger partial charge in [0.15, 0.2) is 5.96 Å². The predicted molar refractivity (Wildman–Crippen MR) is 107 cm³/mol. The lowest BCUT2D eigenvalue weighted by Gasteiger charge is -2.12. The van der Waals surface area contributed by atoms with E-state index < -0.39 is 0 Å². The summed E-state index contributed by atoms with van der Waals surface area (Å²) in [6.45, 7) is 6.53. The lowest BCUT2D eigenvalue weighted by Crippen LogP contribution is -2.37. The molecule has 0 saturated heterocycles. The zero-order valence-electron chi connectivity index (χ0n) is 13.6. The average molecular weight is 439 g/mol. The van der Waals surface area contributed by atoms with Gasteiger partial charge in [-0.1, -0.05) is 19.4 Å². The highest BCUT2D eigenvalue weighted by atomic mass is 127. The van der Waals surface area contributed by atoms with Crippen LogP contribution in [0.2, 0.25) is 0 Å². The molecule has 0 spiro atoms. The number of benzene rings is 1. The van der Waals surface area contributed by atoms with Crippen LogP contribution < -0.4 is 10.6 Å².